The molecule has 3 nitrogen and oxygen atoms in total. The van der Waals surface area contributed by atoms with E-state index in [9.17, 15) is 4.79 Å². The first kappa shape index (κ1) is 12.4. The number of nitrogens with two attached hydrogens (primary N) is 1. The Morgan fingerprint density at radius 1 is 1.46 bits per heavy atom. The van der Waals surface area contributed by atoms with Crippen LogP contribution in [-0.4, -0.2) is 19.0 Å². The molecule has 0 aromatic heterocycles. The van der Waals surface area contributed by atoms with Gasteiger partial charge in [0.2, 0.25) is 5.91 Å². The van der Waals surface area contributed by atoms with E-state index in [2.05, 4.69) is 26.1 Å². The molecule has 0 bridgehead atoms. The summed E-state index contributed by atoms with van der Waals surface area (Å²) in [5.74, 6) is 0.115. The zero-order valence-electron chi connectivity index (χ0n) is 9.02. The predicted molar refractivity (Wildman–Crippen MR) is 55.4 cm³/mol. The van der Waals surface area contributed by atoms with Crippen LogP contribution in [0, 0.1) is 5.41 Å². The van der Waals surface area contributed by atoms with Gasteiger partial charge in [-0.3, -0.25) is 4.79 Å². The molecule has 0 spiro atoms. The number of hydrogen-bond acceptors (Lipinski definition) is 2. The van der Waals surface area contributed by atoms with E-state index in [1.165, 1.54) is 0 Å². The van der Waals surface area contributed by atoms with Gasteiger partial charge in [0, 0.05) is 19.5 Å². The highest BCUT2D eigenvalue weighted by atomic mass is 16.1. The van der Waals surface area contributed by atoms with Crippen molar-refractivity contribution in [2.24, 2.45) is 11.1 Å². The molecule has 0 radical (unpaired) electrons. The van der Waals surface area contributed by atoms with Gasteiger partial charge in [-0.25, -0.2) is 0 Å². The summed E-state index contributed by atoms with van der Waals surface area (Å²) in [5.41, 5.74) is 5.40. The molecule has 0 saturated carbocycles. The zero-order valence-corrected chi connectivity index (χ0v) is 9.02. The van der Waals surface area contributed by atoms with Gasteiger partial charge in [0.1, 0.15) is 0 Å². The highest BCUT2D eigenvalue weighted by Crippen LogP contribution is 2.26. The van der Waals surface area contributed by atoms with E-state index in [4.69, 9.17) is 5.73 Å². The maximum atomic E-state index is 11.3. The third-order valence-corrected chi connectivity index (χ3v) is 2.03. The van der Waals surface area contributed by atoms with Crippen LogP contribution in [0.5, 0.6) is 0 Å². The normalized spacial score (nSPS) is 11.4. The fourth-order valence-electron chi connectivity index (χ4n) is 1.47. The summed E-state index contributed by atoms with van der Waals surface area (Å²) in [4.78, 5) is 11.3. The molecule has 0 aliphatic rings. The zero-order chi connectivity index (χ0) is 10.3. The van der Waals surface area contributed by atoms with Crippen LogP contribution >= 0.6 is 0 Å². The van der Waals surface area contributed by atoms with Crippen molar-refractivity contribution in [3.05, 3.63) is 0 Å². The standard InChI is InChI=1S/C10H22N2O/c1-4-5-10(2,3)8-9(13)12-7-6-11/h4-8,11H2,1-3H3,(H,12,13). The Morgan fingerprint density at radius 2 is 2.08 bits per heavy atom. The number of carbonyl (C=O) groups excluding carboxylic acids is 1. The minimum atomic E-state index is 0.115. The van der Waals surface area contributed by atoms with Crippen molar-refractivity contribution in [1.82, 2.24) is 5.32 Å². The fraction of sp³-hybridized carbons (Fsp3) is 0.900. The fourth-order valence-corrected chi connectivity index (χ4v) is 1.47. The molecule has 0 rings (SSSR count). The van der Waals surface area contributed by atoms with Gasteiger partial charge in [0.15, 0.2) is 0 Å². The largest absolute Gasteiger partial charge is 0.355 e. The Balaban J connectivity index is 3.75. The quantitative estimate of drug-likeness (QED) is 0.656. The third-order valence-electron chi connectivity index (χ3n) is 2.03. The van der Waals surface area contributed by atoms with Gasteiger partial charge in [-0.1, -0.05) is 27.2 Å². The van der Waals surface area contributed by atoms with Crippen LogP contribution in [-0.2, 0) is 4.79 Å². The molecule has 0 heterocycles. The SMILES string of the molecule is CCCC(C)(C)CC(=O)NCCN. The molecular weight excluding hydrogens is 164 g/mol. The molecule has 0 aromatic rings. The van der Waals surface area contributed by atoms with E-state index in [0.29, 0.717) is 19.5 Å². The van der Waals surface area contributed by atoms with Crippen LogP contribution in [0.2, 0.25) is 0 Å². The summed E-state index contributed by atoms with van der Waals surface area (Å²) in [7, 11) is 0. The molecule has 0 fully saturated rings. The molecule has 0 unspecified atom stereocenters. The van der Waals surface area contributed by atoms with E-state index in [1.54, 1.807) is 0 Å². The molecule has 0 aliphatic heterocycles. The molecule has 1 amide bonds. The molecule has 0 atom stereocenters. The van der Waals surface area contributed by atoms with E-state index < -0.39 is 0 Å². The third kappa shape index (κ3) is 6.58. The lowest BCUT2D eigenvalue weighted by atomic mass is 9.84. The van der Waals surface area contributed by atoms with Crippen molar-refractivity contribution in [3.8, 4) is 0 Å². The summed E-state index contributed by atoms with van der Waals surface area (Å²) in [6.07, 6.45) is 2.81. The maximum Gasteiger partial charge on any atom is 0.220 e. The lowest BCUT2D eigenvalue weighted by Crippen LogP contribution is -2.32. The minimum absolute atomic E-state index is 0.115. The van der Waals surface area contributed by atoms with E-state index in [0.717, 1.165) is 12.8 Å². The molecular formula is C10H22N2O. The van der Waals surface area contributed by atoms with Crippen LogP contribution in [0.15, 0.2) is 0 Å². The summed E-state index contributed by atoms with van der Waals surface area (Å²) < 4.78 is 0. The van der Waals surface area contributed by atoms with Crippen LogP contribution in [0.1, 0.15) is 40.0 Å². The van der Waals surface area contributed by atoms with Gasteiger partial charge in [-0.2, -0.15) is 0 Å². The monoisotopic (exact) mass is 186 g/mol. The van der Waals surface area contributed by atoms with Gasteiger partial charge in [-0.15, -0.1) is 0 Å². The Hall–Kier alpha value is -0.570. The summed E-state index contributed by atoms with van der Waals surface area (Å²) >= 11 is 0. The van der Waals surface area contributed by atoms with Gasteiger partial charge in [0.25, 0.3) is 0 Å². The molecule has 3 N–H and O–H groups in total. The number of rotatable bonds is 6. The van der Waals surface area contributed by atoms with Crippen molar-refractivity contribution < 1.29 is 4.79 Å². The van der Waals surface area contributed by atoms with Crippen LogP contribution in [0.4, 0.5) is 0 Å². The van der Waals surface area contributed by atoms with Crippen LogP contribution in [0.25, 0.3) is 0 Å². The lowest BCUT2D eigenvalue weighted by Gasteiger charge is -2.22. The van der Waals surface area contributed by atoms with Gasteiger partial charge < -0.3 is 11.1 Å². The Kier molecular flexibility index (Phi) is 5.71. The van der Waals surface area contributed by atoms with Gasteiger partial charge >= 0.3 is 0 Å². The second kappa shape index (κ2) is 5.97. The Bertz CT molecular complexity index is 155. The second-order valence-electron chi connectivity index (χ2n) is 4.23. The summed E-state index contributed by atoms with van der Waals surface area (Å²) in [5, 5.41) is 2.78. The first-order chi connectivity index (χ1) is 6.02. The lowest BCUT2D eigenvalue weighted by molar-refractivity contribution is -0.123. The average Bonchev–Trinajstić information content (AvgIpc) is 1.99. The van der Waals surface area contributed by atoms with Crippen LogP contribution < -0.4 is 11.1 Å². The van der Waals surface area contributed by atoms with Gasteiger partial charge in [0.05, 0.1) is 0 Å². The Morgan fingerprint density at radius 3 is 2.54 bits per heavy atom. The van der Waals surface area contributed by atoms with Crippen molar-refractivity contribution in [1.29, 1.82) is 0 Å². The molecule has 0 saturated heterocycles. The molecule has 13 heavy (non-hydrogen) atoms. The van der Waals surface area contributed by atoms with Crippen molar-refractivity contribution in [2.45, 2.75) is 40.0 Å². The maximum absolute atomic E-state index is 11.3. The van der Waals surface area contributed by atoms with Crippen LogP contribution in [0.3, 0.4) is 0 Å². The first-order valence-electron chi connectivity index (χ1n) is 4.98. The Labute approximate surface area is 81.1 Å². The molecule has 0 aliphatic carbocycles. The average molecular weight is 186 g/mol. The highest BCUT2D eigenvalue weighted by molar-refractivity contribution is 5.76. The second-order valence-corrected chi connectivity index (χ2v) is 4.23. The minimum Gasteiger partial charge on any atom is -0.355 e. The van der Waals surface area contributed by atoms with Crippen molar-refractivity contribution >= 4 is 5.91 Å². The van der Waals surface area contributed by atoms with E-state index in [-0.39, 0.29) is 11.3 Å². The molecule has 0 aromatic carbocycles. The smallest absolute Gasteiger partial charge is 0.220 e. The van der Waals surface area contributed by atoms with Crippen molar-refractivity contribution in [2.75, 3.05) is 13.1 Å². The number of carbonyl (C=O) groups is 1. The number of nitrogens with one attached hydrogen (secondary N) is 1. The van der Waals surface area contributed by atoms with Crippen molar-refractivity contribution in [3.63, 3.8) is 0 Å². The van der Waals surface area contributed by atoms with E-state index in [1.807, 2.05) is 0 Å². The number of amides is 1. The molecule has 3 heteroatoms. The topological polar surface area (TPSA) is 55.1 Å². The summed E-state index contributed by atoms with van der Waals surface area (Å²) in [6, 6.07) is 0. The number of hydrogen-bond donors (Lipinski definition) is 2. The van der Waals surface area contributed by atoms with E-state index >= 15 is 0 Å². The molecule has 78 valence electrons. The first-order valence-corrected chi connectivity index (χ1v) is 4.98. The highest BCUT2D eigenvalue weighted by Gasteiger charge is 2.20. The predicted octanol–water partition coefficient (Wildman–Crippen LogP) is 1.28. The van der Waals surface area contributed by atoms with Gasteiger partial charge in [-0.05, 0) is 11.8 Å². The summed E-state index contributed by atoms with van der Waals surface area (Å²) in [6.45, 7) is 7.48.